The summed E-state index contributed by atoms with van der Waals surface area (Å²) < 4.78 is 13.9. The molecule has 0 radical (unpaired) electrons. The summed E-state index contributed by atoms with van der Waals surface area (Å²) in [5, 5.41) is 11.3. The van der Waals surface area contributed by atoms with E-state index < -0.39 is 11.9 Å². The molecule has 20 heavy (non-hydrogen) atoms. The highest BCUT2D eigenvalue weighted by atomic mass is 79.9. The fraction of sp³-hybridized carbons (Fsp3) is 0.0667. The molecule has 3 nitrogen and oxygen atoms in total. The van der Waals surface area contributed by atoms with Crippen LogP contribution in [0.1, 0.15) is 17.4 Å². The lowest BCUT2D eigenvalue weighted by atomic mass is 10.1. The fourth-order valence-corrected chi connectivity index (χ4v) is 2.58. The molecule has 0 spiro atoms. The van der Waals surface area contributed by atoms with Crippen molar-refractivity contribution in [2.75, 3.05) is 0 Å². The Bertz CT molecular complexity index is 779. The van der Waals surface area contributed by atoms with Crippen molar-refractivity contribution in [3.8, 4) is 0 Å². The molecule has 100 valence electrons. The van der Waals surface area contributed by atoms with E-state index in [9.17, 15) is 9.50 Å². The van der Waals surface area contributed by atoms with Crippen LogP contribution in [-0.2, 0) is 0 Å². The summed E-state index contributed by atoms with van der Waals surface area (Å²) in [4.78, 5) is 8.18. The third-order valence-corrected chi connectivity index (χ3v) is 3.64. The molecule has 0 amide bonds. The molecular formula is C15H10BrFN2O. The van der Waals surface area contributed by atoms with Crippen molar-refractivity contribution in [1.29, 1.82) is 0 Å². The Morgan fingerprint density at radius 3 is 2.75 bits per heavy atom. The third-order valence-electron chi connectivity index (χ3n) is 3.01. The van der Waals surface area contributed by atoms with Gasteiger partial charge in [-0.1, -0.05) is 18.2 Å². The summed E-state index contributed by atoms with van der Waals surface area (Å²) in [6.45, 7) is 0. The van der Waals surface area contributed by atoms with Crippen molar-refractivity contribution < 1.29 is 9.50 Å². The molecule has 0 aliphatic heterocycles. The molecule has 0 bridgehead atoms. The van der Waals surface area contributed by atoms with Crippen LogP contribution in [-0.4, -0.2) is 15.1 Å². The minimum Gasteiger partial charge on any atom is -0.382 e. The van der Waals surface area contributed by atoms with Gasteiger partial charge in [-0.25, -0.2) is 9.37 Å². The summed E-state index contributed by atoms with van der Waals surface area (Å²) in [5.41, 5.74) is 1.58. The van der Waals surface area contributed by atoms with Crippen LogP contribution in [0, 0.1) is 5.82 Å². The van der Waals surface area contributed by atoms with Gasteiger partial charge in [-0.15, -0.1) is 0 Å². The maximum absolute atomic E-state index is 13.2. The zero-order valence-corrected chi connectivity index (χ0v) is 11.9. The van der Waals surface area contributed by atoms with Crippen molar-refractivity contribution in [2.45, 2.75) is 6.10 Å². The monoisotopic (exact) mass is 332 g/mol. The number of pyridine rings is 2. The number of rotatable bonds is 2. The Labute approximate surface area is 123 Å². The molecule has 3 rings (SSSR count). The van der Waals surface area contributed by atoms with Crippen LogP contribution in [0.25, 0.3) is 10.9 Å². The first-order chi connectivity index (χ1) is 9.65. The van der Waals surface area contributed by atoms with Crippen LogP contribution in [0.2, 0.25) is 0 Å². The lowest BCUT2D eigenvalue weighted by molar-refractivity contribution is 0.214. The van der Waals surface area contributed by atoms with Gasteiger partial charge in [0.25, 0.3) is 0 Å². The van der Waals surface area contributed by atoms with Gasteiger partial charge in [0.05, 0.1) is 17.4 Å². The van der Waals surface area contributed by atoms with Crippen LogP contribution in [0.5, 0.6) is 0 Å². The molecule has 0 saturated carbocycles. The van der Waals surface area contributed by atoms with E-state index in [1.807, 2.05) is 30.3 Å². The average Bonchev–Trinajstić information content (AvgIpc) is 2.46. The van der Waals surface area contributed by atoms with Gasteiger partial charge in [-0.2, -0.15) is 0 Å². The molecule has 0 aliphatic rings. The molecule has 0 saturated heterocycles. The van der Waals surface area contributed by atoms with Gasteiger partial charge in [-0.05, 0) is 34.1 Å². The Morgan fingerprint density at radius 1 is 1.15 bits per heavy atom. The Morgan fingerprint density at radius 2 is 1.95 bits per heavy atom. The van der Waals surface area contributed by atoms with Crippen LogP contribution in [0.3, 0.4) is 0 Å². The molecule has 0 fully saturated rings. The summed E-state index contributed by atoms with van der Waals surface area (Å²) in [7, 11) is 0. The highest BCUT2D eigenvalue weighted by molar-refractivity contribution is 9.10. The number of benzene rings is 1. The first-order valence-electron chi connectivity index (χ1n) is 5.99. The van der Waals surface area contributed by atoms with E-state index in [0.717, 1.165) is 17.1 Å². The Kier molecular flexibility index (Phi) is 3.46. The van der Waals surface area contributed by atoms with Crippen molar-refractivity contribution in [3.05, 3.63) is 70.3 Å². The highest BCUT2D eigenvalue weighted by Gasteiger charge is 2.17. The van der Waals surface area contributed by atoms with Crippen molar-refractivity contribution in [2.24, 2.45) is 0 Å². The summed E-state index contributed by atoms with van der Waals surface area (Å²) in [5.74, 6) is -0.488. The maximum atomic E-state index is 13.2. The smallest absolute Gasteiger partial charge is 0.141 e. The second-order valence-electron chi connectivity index (χ2n) is 4.39. The number of halogens is 2. The third kappa shape index (κ3) is 2.42. The lowest BCUT2D eigenvalue weighted by Gasteiger charge is -2.13. The number of para-hydroxylation sites is 1. The van der Waals surface area contributed by atoms with E-state index in [0.29, 0.717) is 15.7 Å². The van der Waals surface area contributed by atoms with Crippen molar-refractivity contribution in [3.63, 3.8) is 0 Å². The van der Waals surface area contributed by atoms with Crippen LogP contribution in [0.4, 0.5) is 4.39 Å². The molecule has 1 aromatic carbocycles. The second kappa shape index (κ2) is 5.26. The van der Waals surface area contributed by atoms with Gasteiger partial charge in [0.15, 0.2) is 0 Å². The summed E-state index contributed by atoms with van der Waals surface area (Å²) in [6.07, 6.45) is 1.49. The minimum absolute atomic E-state index is 0.369. The number of hydrogen-bond donors (Lipinski definition) is 1. The van der Waals surface area contributed by atoms with E-state index in [1.54, 1.807) is 0 Å². The standard InChI is InChI=1S/C15H10BrFN2O/c16-12-6-9-3-1-2-4-13(9)19-14(12)15(20)10-5-11(17)8-18-7-10/h1-8,15,20H. The Balaban J connectivity index is 2.11. The summed E-state index contributed by atoms with van der Waals surface area (Å²) >= 11 is 3.40. The largest absolute Gasteiger partial charge is 0.382 e. The number of nitrogens with zero attached hydrogens (tertiary/aromatic N) is 2. The highest BCUT2D eigenvalue weighted by Crippen LogP contribution is 2.29. The second-order valence-corrected chi connectivity index (χ2v) is 5.24. The van der Waals surface area contributed by atoms with Crippen molar-refractivity contribution in [1.82, 2.24) is 9.97 Å². The average molecular weight is 333 g/mol. The SMILES string of the molecule is OC(c1cncc(F)c1)c1nc2ccccc2cc1Br. The molecule has 5 heteroatoms. The van der Waals surface area contributed by atoms with Crippen LogP contribution >= 0.6 is 15.9 Å². The number of aliphatic hydroxyl groups excluding tert-OH is 1. The normalized spacial score (nSPS) is 12.6. The molecule has 1 N–H and O–H groups in total. The topological polar surface area (TPSA) is 46.0 Å². The van der Waals surface area contributed by atoms with E-state index in [4.69, 9.17) is 0 Å². The number of aliphatic hydroxyl groups is 1. The molecule has 1 atom stereocenters. The molecule has 1 unspecified atom stereocenters. The Hall–Kier alpha value is -1.85. The first-order valence-corrected chi connectivity index (χ1v) is 6.78. The predicted octanol–water partition coefficient (Wildman–Crippen LogP) is 3.61. The summed E-state index contributed by atoms with van der Waals surface area (Å²) in [6, 6.07) is 10.7. The van der Waals surface area contributed by atoms with Gasteiger partial charge < -0.3 is 5.11 Å². The molecular weight excluding hydrogens is 323 g/mol. The van der Waals surface area contributed by atoms with Gasteiger partial charge in [0.1, 0.15) is 11.9 Å². The fourth-order valence-electron chi connectivity index (χ4n) is 2.03. The molecule has 3 aromatic rings. The van der Waals surface area contributed by atoms with E-state index in [2.05, 4.69) is 25.9 Å². The van der Waals surface area contributed by atoms with E-state index in [-0.39, 0.29) is 0 Å². The first kappa shape index (κ1) is 13.1. The molecule has 2 heterocycles. The number of hydrogen-bond acceptors (Lipinski definition) is 3. The maximum Gasteiger partial charge on any atom is 0.141 e. The predicted molar refractivity (Wildman–Crippen MR) is 77.7 cm³/mol. The zero-order chi connectivity index (χ0) is 14.1. The van der Waals surface area contributed by atoms with Gasteiger partial charge in [0, 0.05) is 21.6 Å². The van der Waals surface area contributed by atoms with Crippen LogP contribution in [0.15, 0.2) is 53.3 Å². The lowest BCUT2D eigenvalue weighted by Crippen LogP contribution is -2.05. The van der Waals surface area contributed by atoms with E-state index in [1.165, 1.54) is 12.3 Å². The number of aromatic nitrogens is 2. The van der Waals surface area contributed by atoms with E-state index >= 15 is 0 Å². The molecule has 2 aromatic heterocycles. The van der Waals surface area contributed by atoms with Crippen LogP contribution < -0.4 is 0 Å². The van der Waals surface area contributed by atoms with Gasteiger partial charge >= 0.3 is 0 Å². The quantitative estimate of drug-likeness (QED) is 0.779. The minimum atomic E-state index is -1.03. The van der Waals surface area contributed by atoms with Gasteiger partial charge in [0.2, 0.25) is 0 Å². The number of fused-ring (bicyclic) bond motifs is 1. The molecule has 0 aliphatic carbocycles. The van der Waals surface area contributed by atoms with Crippen molar-refractivity contribution >= 4 is 26.8 Å². The zero-order valence-electron chi connectivity index (χ0n) is 10.3. The van der Waals surface area contributed by atoms with Gasteiger partial charge in [-0.3, -0.25) is 4.98 Å².